The molecular formula is C20H29N3O3S2. The van der Waals surface area contributed by atoms with Crippen LogP contribution in [0.3, 0.4) is 0 Å². The summed E-state index contributed by atoms with van der Waals surface area (Å²) >= 11 is 2.87. The van der Waals surface area contributed by atoms with E-state index in [0.29, 0.717) is 19.0 Å². The summed E-state index contributed by atoms with van der Waals surface area (Å²) in [5.41, 5.74) is 0.0928. The number of carboxylic acid groups (broad SMARTS) is 1. The fourth-order valence-electron chi connectivity index (χ4n) is 4.20. The number of thioether (sulfide) groups is 1. The highest BCUT2D eigenvalue weighted by Gasteiger charge is 2.33. The molecule has 1 aliphatic carbocycles. The van der Waals surface area contributed by atoms with Crippen LogP contribution in [0.25, 0.3) is 0 Å². The Balaban J connectivity index is 1.53. The van der Waals surface area contributed by atoms with Gasteiger partial charge in [0, 0.05) is 49.3 Å². The Kier molecular flexibility index (Phi) is 7.93. The predicted molar refractivity (Wildman–Crippen MR) is 113 cm³/mol. The first kappa shape index (κ1) is 21.3. The maximum atomic E-state index is 12.4. The predicted octanol–water partition coefficient (Wildman–Crippen LogP) is 3.75. The minimum absolute atomic E-state index is 0.0928. The van der Waals surface area contributed by atoms with Crippen LogP contribution in [0, 0.1) is 0 Å². The van der Waals surface area contributed by atoms with Crippen LogP contribution >= 0.6 is 23.1 Å². The number of nitrogens with zero attached hydrogens (tertiary/aromatic N) is 3. The Morgan fingerprint density at radius 3 is 2.86 bits per heavy atom. The number of rotatable bonds is 10. The minimum Gasteiger partial charge on any atom is -0.476 e. The molecule has 3 rings (SSSR count). The van der Waals surface area contributed by atoms with Gasteiger partial charge in [0.1, 0.15) is 0 Å². The lowest BCUT2D eigenvalue weighted by Gasteiger charge is -2.37. The summed E-state index contributed by atoms with van der Waals surface area (Å²) in [6.07, 6.45) is 9.97. The smallest absolute Gasteiger partial charge is 0.355 e. The summed E-state index contributed by atoms with van der Waals surface area (Å²) in [5.74, 6) is -0.0271. The Bertz CT molecular complexity index is 688. The van der Waals surface area contributed by atoms with Crippen molar-refractivity contribution in [3.05, 3.63) is 23.7 Å². The Morgan fingerprint density at radius 2 is 2.18 bits per heavy atom. The van der Waals surface area contributed by atoms with Crippen LogP contribution in [-0.4, -0.2) is 69.2 Å². The fraction of sp³-hybridized carbons (Fsp3) is 0.650. The zero-order chi connectivity index (χ0) is 19.9. The topological polar surface area (TPSA) is 73.7 Å². The van der Waals surface area contributed by atoms with Crippen molar-refractivity contribution in [2.24, 2.45) is 0 Å². The van der Waals surface area contributed by atoms with Crippen LogP contribution in [-0.2, 0) is 4.79 Å². The van der Waals surface area contributed by atoms with E-state index >= 15 is 0 Å². The fourth-order valence-corrected chi connectivity index (χ4v) is 6.01. The standard InChI is InChI=1S/C20H29N3O3S2/c1-2-10-22(15-6-4-3-5-7-15)13-16-8-9-18(24)23(16)11-12-27-20-21-17(14-28-20)19(25)26/h2,14-16H,1,3-13H2,(H,25,26). The number of amides is 1. The maximum absolute atomic E-state index is 12.4. The lowest BCUT2D eigenvalue weighted by molar-refractivity contribution is -0.129. The number of likely N-dealkylation sites (tertiary alicyclic amines) is 1. The first-order valence-electron chi connectivity index (χ1n) is 10.0. The first-order valence-corrected chi connectivity index (χ1v) is 11.9. The molecule has 0 bridgehead atoms. The molecule has 1 unspecified atom stereocenters. The van der Waals surface area contributed by atoms with Crippen molar-refractivity contribution in [3.63, 3.8) is 0 Å². The summed E-state index contributed by atoms with van der Waals surface area (Å²) in [6.45, 7) is 6.42. The number of thiazole rings is 1. The largest absolute Gasteiger partial charge is 0.476 e. The van der Waals surface area contributed by atoms with Gasteiger partial charge in [-0.1, -0.05) is 37.1 Å². The van der Waals surface area contributed by atoms with Crippen LogP contribution in [0.4, 0.5) is 0 Å². The van der Waals surface area contributed by atoms with E-state index in [-0.39, 0.29) is 17.6 Å². The monoisotopic (exact) mass is 423 g/mol. The van der Waals surface area contributed by atoms with Gasteiger partial charge in [0.2, 0.25) is 5.91 Å². The van der Waals surface area contributed by atoms with Crippen LogP contribution in [0.1, 0.15) is 55.4 Å². The average Bonchev–Trinajstić information content (AvgIpc) is 3.30. The lowest BCUT2D eigenvalue weighted by atomic mass is 9.93. The van der Waals surface area contributed by atoms with Crippen LogP contribution in [0.2, 0.25) is 0 Å². The molecule has 0 spiro atoms. The minimum atomic E-state index is -0.997. The molecule has 1 amide bonds. The van der Waals surface area contributed by atoms with E-state index in [1.54, 1.807) is 5.38 Å². The van der Waals surface area contributed by atoms with Crippen LogP contribution in [0.15, 0.2) is 22.4 Å². The van der Waals surface area contributed by atoms with Crippen molar-refractivity contribution >= 4 is 35.0 Å². The molecule has 0 aromatic carbocycles. The number of carbonyl (C=O) groups is 2. The van der Waals surface area contributed by atoms with Crippen molar-refractivity contribution in [1.82, 2.24) is 14.8 Å². The van der Waals surface area contributed by atoms with E-state index in [1.165, 1.54) is 55.2 Å². The van der Waals surface area contributed by atoms with E-state index < -0.39 is 5.97 Å². The van der Waals surface area contributed by atoms with Gasteiger partial charge >= 0.3 is 5.97 Å². The summed E-state index contributed by atoms with van der Waals surface area (Å²) in [5, 5.41) is 10.5. The molecule has 6 nitrogen and oxygen atoms in total. The second-order valence-electron chi connectivity index (χ2n) is 7.47. The van der Waals surface area contributed by atoms with Crippen molar-refractivity contribution in [3.8, 4) is 0 Å². The quantitative estimate of drug-likeness (QED) is 0.456. The number of aromatic nitrogens is 1. The number of aromatic carboxylic acids is 1. The second kappa shape index (κ2) is 10.4. The van der Waals surface area contributed by atoms with E-state index in [4.69, 9.17) is 5.11 Å². The van der Waals surface area contributed by atoms with Crippen molar-refractivity contribution < 1.29 is 14.7 Å². The summed E-state index contributed by atoms with van der Waals surface area (Å²) < 4.78 is 0.746. The van der Waals surface area contributed by atoms with Gasteiger partial charge < -0.3 is 10.0 Å². The molecule has 2 fully saturated rings. The highest BCUT2D eigenvalue weighted by molar-refractivity contribution is 8.01. The molecule has 1 aromatic rings. The highest BCUT2D eigenvalue weighted by Crippen LogP contribution is 2.27. The van der Waals surface area contributed by atoms with Crippen molar-refractivity contribution in [1.29, 1.82) is 0 Å². The van der Waals surface area contributed by atoms with E-state index in [0.717, 1.165) is 29.6 Å². The molecule has 1 saturated heterocycles. The number of hydrogen-bond acceptors (Lipinski definition) is 6. The summed E-state index contributed by atoms with van der Waals surface area (Å²) in [6, 6.07) is 0.879. The van der Waals surface area contributed by atoms with Crippen LogP contribution < -0.4 is 0 Å². The van der Waals surface area contributed by atoms with E-state index in [9.17, 15) is 9.59 Å². The Labute approximate surface area is 175 Å². The molecule has 154 valence electrons. The molecule has 1 saturated carbocycles. The van der Waals surface area contributed by atoms with Gasteiger partial charge in [-0.3, -0.25) is 9.69 Å². The summed E-state index contributed by atoms with van der Waals surface area (Å²) in [7, 11) is 0. The van der Waals surface area contributed by atoms with Gasteiger partial charge in [0.15, 0.2) is 10.0 Å². The van der Waals surface area contributed by atoms with E-state index in [1.807, 2.05) is 11.0 Å². The van der Waals surface area contributed by atoms with Gasteiger partial charge in [0.05, 0.1) is 0 Å². The maximum Gasteiger partial charge on any atom is 0.355 e. The van der Waals surface area contributed by atoms with Gasteiger partial charge in [-0.05, 0) is 19.3 Å². The van der Waals surface area contributed by atoms with Gasteiger partial charge in [-0.2, -0.15) is 0 Å². The summed E-state index contributed by atoms with van der Waals surface area (Å²) in [4.78, 5) is 32.0. The highest BCUT2D eigenvalue weighted by atomic mass is 32.2. The molecular weight excluding hydrogens is 394 g/mol. The van der Waals surface area contributed by atoms with Gasteiger partial charge in [0.25, 0.3) is 0 Å². The molecule has 28 heavy (non-hydrogen) atoms. The van der Waals surface area contributed by atoms with Crippen molar-refractivity contribution in [2.75, 3.05) is 25.4 Å². The first-order chi connectivity index (χ1) is 13.6. The van der Waals surface area contributed by atoms with Crippen LogP contribution in [0.5, 0.6) is 0 Å². The molecule has 1 aliphatic heterocycles. The number of hydrogen-bond donors (Lipinski definition) is 1. The SMILES string of the molecule is C=CCN(CC1CCC(=O)N1CCSc1nc(C(=O)O)cs1)C1CCCCC1. The molecule has 1 N–H and O–H groups in total. The third-order valence-corrected chi connectivity index (χ3v) is 7.61. The molecule has 2 heterocycles. The molecule has 2 aliphatic rings. The third kappa shape index (κ3) is 5.58. The van der Waals surface area contributed by atoms with E-state index in [2.05, 4.69) is 16.5 Å². The van der Waals surface area contributed by atoms with Gasteiger partial charge in [-0.15, -0.1) is 17.9 Å². The Morgan fingerprint density at radius 1 is 1.39 bits per heavy atom. The van der Waals surface area contributed by atoms with Crippen molar-refractivity contribution in [2.45, 2.75) is 61.4 Å². The van der Waals surface area contributed by atoms with Gasteiger partial charge in [-0.25, -0.2) is 9.78 Å². The zero-order valence-electron chi connectivity index (χ0n) is 16.2. The molecule has 1 aromatic heterocycles. The number of carboxylic acids is 1. The second-order valence-corrected chi connectivity index (χ2v) is 9.67. The average molecular weight is 424 g/mol. The zero-order valence-corrected chi connectivity index (χ0v) is 17.8. The third-order valence-electron chi connectivity index (χ3n) is 5.61. The Hall–Kier alpha value is -1.38. The molecule has 1 atom stereocenters. The lowest BCUT2D eigenvalue weighted by Crippen LogP contribution is -2.47. The number of carbonyl (C=O) groups excluding carboxylic acids is 1. The molecule has 8 heteroatoms. The normalized spacial score (nSPS) is 20.8. The molecule has 0 radical (unpaired) electrons.